The van der Waals surface area contributed by atoms with Crippen LogP contribution in [-0.2, 0) is 17.5 Å². The number of carbonyl (C=O) groups excluding carboxylic acids is 1. The first-order valence-electron chi connectivity index (χ1n) is 10.1. The van der Waals surface area contributed by atoms with E-state index in [1.807, 2.05) is 35.9 Å². The summed E-state index contributed by atoms with van der Waals surface area (Å²) >= 11 is 1.71. The Morgan fingerprint density at radius 3 is 2.60 bits per heavy atom. The van der Waals surface area contributed by atoms with E-state index in [0.717, 1.165) is 27.5 Å². The van der Waals surface area contributed by atoms with Gasteiger partial charge in [-0.3, -0.25) is 4.79 Å². The van der Waals surface area contributed by atoms with Gasteiger partial charge in [0.1, 0.15) is 5.75 Å². The summed E-state index contributed by atoms with van der Waals surface area (Å²) in [6.07, 6.45) is 2.32. The molecule has 0 aliphatic rings. The molecule has 0 amide bonds. The highest BCUT2D eigenvalue weighted by molar-refractivity contribution is 7.98. The first-order valence-corrected chi connectivity index (χ1v) is 14.8. The molecule has 0 fully saturated rings. The molecule has 3 rings (SSSR count). The topological polar surface area (TPSA) is 53.4 Å². The summed E-state index contributed by atoms with van der Waals surface area (Å²) in [5, 5.41) is 0. The number of ketones is 1. The average Bonchev–Trinajstić information content (AvgIpc) is 3.09. The lowest BCUT2D eigenvalue weighted by atomic mass is 10.00. The maximum Gasteiger partial charge on any atom is 0.188 e. The Labute approximate surface area is 183 Å². The summed E-state index contributed by atoms with van der Waals surface area (Å²) in [6.45, 7) is 6.97. The number of fused-ring (bicyclic) bond motifs is 1. The number of Topliss-reactive ketones (excluding diaryl/α,β-unsaturated/α-hetero) is 1. The lowest BCUT2D eigenvalue weighted by Crippen LogP contribution is -2.21. The summed E-state index contributed by atoms with van der Waals surface area (Å²) in [6, 6.07) is 13.1. The van der Waals surface area contributed by atoms with Gasteiger partial charge in [0.05, 0.1) is 22.9 Å². The van der Waals surface area contributed by atoms with Gasteiger partial charge in [0.15, 0.2) is 12.6 Å². The Balaban J connectivity index is 2.06. The van der Waals surface area contributed by atoms with Gasteiger partial charge < -0.3 is 14.0 Å². The number of carbonyl (C=O) groups is 1. The summed E-state index contributed by atoms with van der Waals surface area (Å²) < 4.78 is 13.0. The van der Waals surface area contributed by atoms with Gasteiger partial charge in [-0.1, -0.05) is 43.9 Å². The van der Waals surface area contributed by atoms with E-state index in [9.17, 15) is 4.79 Å². The van der Waals surface area contributed by atoms with Gasteiger partial charge in [0.25, 0.3) is 0 Å². The van der Waals surface area contributed by atoms with Crippen LogP contribution >= 0.6 is 11.8 Å². The monoisotopic (exact) mass is 442 g/mol. The third kappa shape index (κ3) is 5.53. The van der Waals surface area contributed by atoms with Crippen LogP contribution in [-0.4, -0.2) is 37.3 Å². The first kappa shape index (κ1) is 22.6. The van der Waals surface area contributed by atoms with E-state index in [-0.39, 0.29) is 12.6 Å². The second-order valence-corrected chi connectivity index (χ2v) is 15.3. The summed E-state index contributed by atoms with van der Waals surface area (Å²) in [4.78, 5) is 19.2. The first-order chi connectivity index (χ1) is 14.3. The predicted molar refractivity (Wildman–Crippen MR) is 126 cm³/mol. The second-order valence-electron chi connectivity index (χ2n) is 8.59. The molecule has 0 aliphatic heterocycles. The molecule has 160 valence electrons. The fourth-order valence-corrected chi connectivity index (χ4v) is 5.19. The van der Waals surface area contributed by atoms with Crippen molar-refractivity contribution in [1.82, 2.24) is 9.55 Å². The number of aromatic nitrogens is 2. The molecular formula is C23H30N2O3SSi. The van der Waals surface area contributed by atoms with Gasteiger partial charge in [-0.25, -0.2) is 4.98 Å². The fraction of sp³-hybridized carbons (Fsp3) is 0.391. The molecule has 0 atom stereocenters. The zero-order valence-electron chi connectivity index (χ0n) is 18.4. The highest BCUT2D eigenvalue weighted by atomic mass is 32.2. The van der Waals surface area contributed by atoms with Crippen molar-refractivity contribution >= 4 is 36.7 Å². The van der Waals surface area contributed by atoms with Crippen molar-refractivity contribution in [3.8, 4) is 5.75 Å². The average molecular weight is 443 g/mol. The molecule has 0 N–H and O–H groups in total. The zero-order valence-corrected chi connectivity index (χ0v) is 20.2. The molecule has 0 spiro atoms. The minimum absolute atomic E-state index is 0.100. The zero-order chi connectivity index (χ0) is 21.7. The Morgan fingerprint density at radius 2 is 1.93 bits per heavy atom. The number of rotatable bonds is 10. The molecule has 0 aliphatic carbocycles. The Hall–Kier alpha value is -2.09. The largest absolute Gasteiger partial charge is 0.467 e. The molecule has 1 aromatic heterocycles. The van der Waals surface area contributed by atoms with Crippen LogP contribution in [0.5, 0.6) is 5.75 Å². The molecule has 2 aromatic carbocycles. The molecular weight excluding hydrogens is 412 g/mol. The number of hydrogen-bond acceptors (Lipinski definition) is 5. The van der Waals surface area contributed by atoms with Crippen molar-refractivity contribution in [2.75, 3.05) is 13.9 Å². The van der Waals surface area contributed by atoms with Crippen LogP contribution in [0.15, 0.2) is 47.6 Å². The Kier molecular flexibility index (Phi) is 7.39. The van der Waals surface area contributed by atoms with Crippen molar-refractivity contribution in [3.63, 3.8) is 0 Å². The van der Waals surface area contributed by atoms with Crippen LogP contribution in [0.2, 0.25) is 25.7 Å². The Morgan fingerprint density at radius 1 is 1.20 bits per heavy atom. The van der Waals surface area contributed by atoms with Gasteiger partial charge in [-0.05, 0) is 12.1 Å². The van der Waals surface area contributed by atoms with Crippen molar-refractivity contribution < 1.29 is 14.3 Å². The number of imidazole rings is 1. The van der Waals surface area contributed by atoms with Crippen LogP contribution in [0.1, 0.15) is 22.3 Å². The summed E-state index contributed by atoms with van der Waals surface area (Å²) in [5.74, 6) is 1.35. The van der Waals surface area contributed by atoms with Crippen LogP contribution in [0.4, 0.5) is 0 Å². The Bertz CT molecular complexity index is 1010. The molecule has 3 aromatic rings. The van der Waals surface area contributed by atoms with E-state index in [1.54, 1.807) is 25.2 Å². The predicted octanol–water partition coefficient (Wildman–Crippen LogP) is 5.76. The molecule has 0 radical (unpaired) electrons. The molecule has 30 heavy (non-hydrogen) atoms. The second kappa shape index (κ2) is 9.81. The van der Waals surface area contributed by atoms with E-state index in [4.69, 9.17) is 9.47 Å². The van der Waals surface area contributed by atoms with E-state index in [2.05, 4.69) is 36.8 Å². The number of aryl methyl sites for hydroxylation is 1. The third-order valence-electron chi connectivity index (χ3n) is 4.92. The van der Waals surface area contributed by atoms with Crippen molar-refractivity contribution in [2.45, 2.75) is 42.8 Å². The van der Waals surface area contributed by atoms with Gasteiger partial charge in [-0.15, -0.1) is 11.8 Å². The maximum atomic E-state index is 13.4. The van der Waals surface area contributed by atoms with Crippen LogP contribution in [0, 0.1) is 0 Å². The number of hydrogen-bond donors (Lipinski definition) is 0. The van der Waals surface area contributed by atoms with E-state index < -0.39 is 8.07 Å². The van der Waals surface area contributed by atoms with E-state index >= 15 is 0 Å². The standard InChI is InChI=1S/C23H30N2O3SSi/c1-25-15-24-23-18(14-29-17-9-7-6-8-10-17)22(20(26)11-12-30(3,4)5)21(13-19(23)25)28-16-27-2/h6-10,13,15H,11-12,14,16H2,1-5H3. The molecule has 5 nitrogen and oxygen atoms in total. The van der Waals surface area contributed by atoms with Crippen molar-refractivity contribution in [2.24, 2.45) is 7.05 Å². The number of benzene rings is 2. The maximum absolute atomic E-state index is 13.4. The molecule has 1 heterocycles. The number of nitrogens with zero attached hydrogens (tertiary/aromatic N) is 2. The van der Waals surface area contributed by atoms with Gasteiger partial charge >= 0.3 is 0 Å². The number of thioether (sulfide) groups is 1. The van der Waals surface area contributed by atoms with Crippen molar-refractivity contribution in [3.05, 3.63) is 53.9 Å². The fourth-order valence-electron chi connectivity index (χ4n) is 3.27. The number of methoxy groups -OCH3 is 1. The van der Waals surface area contributed by atoms with Crippen LogP contribution in [0.3, 0.4) is 0 Å². The quantitative estimate of drug-likeness (QED) is 0.173. The van der Waals surface area contributed by atoms with Crippen LogP contribution in [0.25, 0.3) is 11.0 Å². The molecule has 0 saturated heterocycles. The SMILES string of the molecule is COCOc1cc2c(ncn2C)c(CSc2ccccc2)c1C(=O)CC[Si](C)(C)C. The lowest BCUT2D eigenvalue weighted by molar-refractivity contribution is 0.0502. The minimum Gasteiger partial charge on any atom is -0.467 e. The molecule has 0 saturated carbocycles. The highest BCUT2D eigenvalue weighted by Crippen LogP contribution is 2.36. The van der Waals surface area contributed by atoms with E-state index in [1.165, 1.54) is 0 Å². The lowest BCUT2D eigenvalue weighted by Gasteiger charge is -2.18. The van der Waals surface area contributed by atoms with Gasteiger partial charge in [0.2, 0.25) is 0 Å². The summed E-state index contributed by atoms with van der Waals surface area (Å²) in [5.41, 5.74) is 3.40. The molecule has 7 heteroatoms. The normalized spacial score (nSPS) is 11.8. The summed E-state index contributed by atoms with van der Waals surface area (Å²) in [7, 11) is 2.19. The molecule has 0 unspecified atom stereocenters. The molecule has 0 bridgehead atoms. The number of ether oxygens (including phenoxy) is 2. The van der Waals surface area contributed by atoms with Gasteiger partial charge in [0, 0.05) is 50.9 Å². The third-order valence-corrected chi connectivity index (χ3v) is 7.71. The van der Waals surface area contributed by atoms with Crippen LogP contribution < -0.4 is 4.74 Å². The minimum atomic E-state index is -1.35. The smallest absolute Gasteiger partial charge is 0.188 e. The van der Waals surface area contributed by atoms with Crippen molar-refractivity contribution in [1.29, 1.82) is 0 Å². The van der Waals surface area contributed by atoms with Gasteiger partial charge in [-0.2, -0.15) is 0 Å². The highest BCUT2D eigenvalue weighted by Gasteiger charge is 2.25. The van der Waals surface area contributed by atoms with E-state index in [0.29, 0.717) is 23.5 Å².